The Morgan fingerprint density at radius 3 is 2.81 bits per heavy atom. The van der Waals surface area contributed by atoms with Gasteiger partial charge in [0, 0.05) is 0 Å². The topological polar surface area (TPSA) is 85.6 Å². The predicted molar refractivity (Wildman–Crippen MR) is 78.6 cm³/mol. The number of aromatic nitrogens is 5. The molecule has 3 aromatic rings. The van der Waals surface area contributed by atoms with Gasteiger partial charge in [0.15, 0.2) is 5.69 Å². The minimum atomic E-state index is -0.351. The summed E-state index contributed by atoms with van der Waals surface area (Å²) in [6.45, 7) is 1.98. The summed E-state index contributed by atoms with van der Waals surface area (Å²) in [5, 5.41) is 20.1. The Morgan fingerprint density at radius 2 is 2.10 bits per heavy atom. The lowest BCUT2D eigenvalue weighted by atomic mass is 10.3. The molecule has 0 fully saturated rings. The lowest BCUT2D eigenvalue weighted by Crippen LogP contribution is -2.13. The number of carbonyl (C=O) groups is 1. The highest BCUT2D eigenvalue weighted by Crippen LogP contribution is 2.16. The minimum absolute atomic E-state index is 0.229. The third kappa shape index (κ3) is 2.95. The molecule has 0 saturated heterocycles. The number of carbonyl (C=O) groups excluding carboxylic acids is 1. The summed E-state index contributed by atoms with van der Waals surface area (Å²) < 4.78 is 0. The highest BCUT2D eigenvalue weighted by molar-refractivity contribution is 7.15. The number of hydrogen-bond acceptors (Lipinski definition) is 6. The van der Waals surface area contributed by atoms with Crippen molar-refractivity contribution in [1.29, 1.82) is 0 Å². The van der Waals surface area contributed by atoms with Crippen LogP contribution in [0.5, 0.6) is 0 Å². The third-order valence-electron chi connectivity index (χ3n) is 2.70. The van der Waals surface area contributed by atoms with Gasteiger partial charge in [-0.1, -0.05) is 36.5 Å². The van der Waals surface area contributed by atoms with E-state index in [1.54, 1.807) is 0 Å². The van der Waals surface area contributed by atoms with Crippen molar-refractivity contribution in [1.82, 2.24) is 25.2 Å². The molecule has 0 aliphatic carbocycles. The maximum absolute atomic E-state index is 12.1. The Bertz CT molecular complexity index is 751. The molecule has 21 heavy (non-hydrogen) atoms. The van der Waals surface area contributed by atoms with Crippen LogP contribution in [0.15, 0.2) is 36.5 Å². The maximum Gasteiger partial charge on any atom is 0.279 e. The molecule has 2 aromatic heterocycles. The molecule has 0 saturated carbocycles. The van der Waals surface area contributed by atoms with E-state index in [9.17, 15) is 4.79 Å². The van der Waals surface area contributed by atoms with Gasteiger partial charge >= 0.3 is 0 Å². The van der Waals surface area contributed by atoms with Crippen molar-refractivity contribution >= 4 is 22.4 Å². The number of anilines is 1. The van der Waals surface area contributed by atoms with Gasteiger partial charge in [-0.2, -0.15) is 9.90 Å². The predicted octanol–water partition coefficient (Wildman–Crippen LogP) is 1.93. The molecule has 0 aliphatic rings. The fourth-order valence-electron chi connectivity index (χ4n) is 1.66. The van der Waals surface area contributed by atoms with Crippen LogP contribution in [0.4, 0.5) is 5.13 Å². The molecule has 1 amide bonds. The standard InChI is InChI=1S/C13H12N6OS/c1-2-11-16-17-13(21-11)15-12(20)10-8-14-19(18-10)9-6-4-3-5-7-9/h3-8H,2H2,1H3,(H,15,17,20). The van der Waals surface area contributed by atoms with Gasteiger partial charge in [0.05, 0.1) is 11.9 Å². The van der Waals surface area contributed by atoms with E-state index >= 15 is 0 Å². The molecule has 3 rings (SSSR count). The zero-order valence-electron chi connectivity index (χ0n) is 11.2. The lowest BCUT2D eigenvalue weighted by molar-refractivity contribution is 0.102. The van der Waals surface area contributed by atoms with Crippen LogP contribution in [0.1, 0.15) is 22.4 Å². The highest BCUT2D eigenvalue weighted by atomic mass is 32.1. The van der Waals surface area contributed by atoms with Crippen LogP contribution >= 0.6 is 11.3 Å². The summed E-state index contributed by atoms with van der Waals surface area (Å²) in [6, 6.07) is 9.39. The van der Waals surface area contributed by atoms with Gasteiger partial charge in [0.1, 0.15) is 5.01 Å². The van der Waals surface area contributed by atoms with E-state index in [4.69, 9.17) is 0 Å². The average Bonchev–Trinajstić information content (AvgIpc) is 3.17. The van der Waals surface area contributed by atoms with Gasteiger partial charge in [-0.05, 0) is 18.6 Å². The zero-order chi connectivity index (χ0) is 14.7. The monoisotopic (exact) mass is 300 g/mol. The molecular formula is C13H12N6OS. The minimum Gasteiger partial charge on any atom is -0.295 e. The van der Waals surface area contributed by atoms with Crippen molar-refractivity contribution < 1.29 is 4.79 Å². The van der Waals surface area contributed by atoms with Crippen molar-refractivity contribution in [3.8, 4) is 5.69 Å². The van der Waals surface area contributed by atoms with Crippen molar-refractivity contribution in [2.45, 2.75) is 13.3 Å². The summed E-state index contributed by atoms with van der Waals surface area (Å²) >= 11 is 1.35. The SMILES string of the molecule is CCc1nnc(NC(=O)c2cnn(-c3ccccc3)n2)s1. The largest absolute Gasteiger partial charge is 0.295 e. The molecule has 1 N–H and O–H groups in total. The summed E-state index contributed by atoms with van der Waals surface area (Å²) in [5.74, 6) is -0.351. The Morgan fingerprint density at radius 1 is 1.29 bits per heavy atom. The molecule has 1 aromatic carbocycles. The van der Waals surface area contributed by atoms with Crippen LogP contribution in [0.2, 0.25) is 0 Å². The molecule has 106 valence electrons. The molecular weight excluding hydrogens is 288 g/mol. The smallest absolute Gasteiger partial charge is 0.279 e. The summed E-state index contributed by atoms with van der Waals surface area (Å²) in [5.41, 5.74) is 1.02. The zero-order valence-corrected chi connectivity index (χ0v) is 12.0. The van der Waals surface area contributed by atoms with Crippen molar-refractivity contribution in [2.24, 2.45) is 0 Å². The van der Waals surface area contributed by atoms with Crippen LogP contribution in [0.25, 0.3) is 5.69 Å². The molecule has 0 aliphatic heterocycles. The third-order valence-corrected chi connectivity index (χ3v) is 3.68. The number of benzene rings is 1. The van der Waals surface area contributed by atoms with E-state index < -0.39 is 0 Å². The first-order valence-corrected chi connectivity index (χ1v) is 7.19. The Labute approximate surface area is 124 Å². The number of amides is 1. The molecule has 0 spiro atoms. The molecule has 0 atom stereocenters. The van der Waals surface area contributed by atoms with Crippen molar-refractivity contribution in [3.05, 3.63) is 47.2 Å². The number of aryl methyl sites for hydroxylation is 1. The summed E-state index contributed by atoms with van der Waals surface area (Å²) in [7, 11) is 0. The molecule has 8 heteroatoms. The van der Waals surface area contributed by atoms with Crippen molar-refractivity contribution in [2.75, 3.05) is 5.32 Å². The number of hydrogen-bond donors (Lipinski definition) is 1. The van der Waals surface area contributed by atoms with Crippen LogP contribution in [-0.2, 0) is 6.42 Å². The van der Waals surface area contributed by atoms with Gasteiger partial charge in [-0.25, -0.2) is 0 Å². The Balaban J connectivity index is 1.75. The van der Waals surface area contributed by atoms with E-state index in [1.165, 1.54) is 22.3 Å². The first kappa shape index (κ1) is 13.4. The Kier molecular flexibility index (Phi) is 3.69. The summed E-state index contributed by atoms with van der Waals surface area (Å²) in [4.78, 5) is 13.5. The van der Waals surface area contributed by atoms with E-state index in [-0.39, 0.29) is 11.6 Å². The molecule has 7 nitrogen and oxygen atoms in total. The van der Waals surface area contributed by atoms with Crippen LogP contribution in [0, 0.1) is 0 Å². The van der Waals surface area contributed by atoms with E-state index in [1.807, 2.05) is 37.3 Å². The maximum atomic E-state index is 12.1. The highest BCUT2D eigenvalue weighted by Gasteiger charge is 2.13. The molecule has 2 heterocycles. The average molecular weight is 300 g/mol. The molecule has 0 bridgehead atoms. The van der Waals surface area contributed by atoms with Crippen LogP contribution in [-0.4, -0.2) is 31.1 Å². The van der Waals surface area contributed by atoms with Gasteiger partial charge in [0.2, 0.25) is 5.13 Å². The van der Waals surface area contributed by atoms with Gasteiger partial charge < -0.3 is 0 Å². The first-order valence-electron chi connectivity index (χ1n) is 6.38. The number of rotatable bonds is 4. The second kappa shape index (κ2) is 5.80. The van der Waals surface area contributed by atoms with Gasteiger partial charge in [-0.15, -0.1) is 15.3 Å². The van der Waals surface area contributed by atoms with Crippen LogP contribution in [0.3, 0.4) is 0 Å². The van der Waals surface area contributed by atoms with Crippen LogP contribution < -0.4 is 5.32 Å². The van der Waals surface area contributed by atoms with E-state index in [0.717, 1.165) is 17.1 Å². The normalized spacial score (nSPS) is 10.5. The van der Waals surface area contributed by atoms with Gasteiger partial charge in [0.25, 0.3) is 5.91 Å². The fourth-order valence-corrected chi connectivity index (χ4v) is 2.34. The quantitative estimate of drug-likeness (QED) is 0.795. The molecule has 0 unspecified atom stereocenters. The Hall–Kier alpha value is -2.61. The van der Waals surface area contributed by atoms with E-state index in [2.05, 4.69) is 25.7 Å². The summed E-state index contributed by atoms with van der Waals surface area (Å²) in [6.07, 6.45) is 2.21. The number of nitrogens with one attached hydrogen (secondary N) is 1. The number of para-hydroxylation sites is 1. The first-order chi connectivity index (χ1) is 10.3. The van der Waals surface area contributed by atoms with Gasteiger partial charge in [-0.3, -0.25) is 10.1 Å². The molecule has 0 radical (unpaired) electrons. The second-order valence-corrected chi connectivity index (χ2v) is 5.23. The second-order valence-electron chi connectivity index (χ2n) is 4.16. The lowest BCUT2D eigenvalue weighted by Gasteiger charge is -1.98. The fraction of sp³-hybridized carbons (Fsp3) is 0.154. The number of nitrogens with zero attached hydrogens (tertiary/aromatic N) is 5. The van der Waals surface area contributed by atoms with Crippen molar-refractivity contribution in [3.63, 3.8) is 0 Å². The van der Waals surface area contributed by atoms with E-state index in [0.29, 0.717) is 5.13 Å².